The van der Waals surface area contributed by atoms with Gasteiger partial charge in [0.2, 0.25) is 5.91 Å². The number of amides is 1. The number of halogens is 2. The summed E-state index contributed by atoms with van der Waals surface area (Å²) in [7, 11) is 0. The van der Waals surface area contributed by atoms with E-state index in [1.807, 2.05) is 0 Å². The average Bonchev–Trinajstić information content (AvgIpc) is 2.69. The normalized spacial score (nSPS) is 12.9. The van der Waals surface area contributed by atoms with Gasteiger partial charge in [-0.2, -0.15) is 0 Å². The molecule has 1 aromatic rings. The summed E-state index contributed by atoms with van der Waals surface area (Å²) in [5, 5.41) is 2.29. The average molecular weight is 274 g/mol. The molecule has 0 fully saturated rings. The van der Waals surface area contributed by atoms with Crippen molar-refractivity contribution in [2.24, 2.45) is 0 Å². The Balaban J connectivity index is 2.60. The standard InChI is InChI=1S/C11H9Cl2NO3/c1-5(15)14-9-6-2-3-17-10(6)7(11(13)16)4-8(9)12/h4H,2-3H2,1H3,(H,14,15). The van der Waals surface area contributed by atoms with Crippen LogP contribution in [0.25, 0.3) is 0 Å². The van der Waals surface area contributed by atoms with E-state index in [9.17, 15) is 9.59 Å². The minimum Gasteiger partial charge on any atom is -0.492 e. The molecule has 1 N–H and O–H groups in total. The summed E-state index contributed by atoms with van der Waals surface area (Å²) in [6.45, 7) is 1.83. The van der Waals surface area contributed by atoms with Crippen LogP contribution in [-0.4, -0.2) is 17.8 Å². The molecule has 0 saturated carbocycles. The summed E-state index contributed by atoms with van der Waals surface area (Å²) in [5.74, 6) is 0.184. The Morgan fingerprint density at radius 3 is 2.76 bits per heavy atom. The third-order valence-electron chi connectivity index (χ3n) is 2.44. The molecule has 0 atom stereocenters. The van der Waals surface area contributed by atoms with Crippen molar-refractivity contribution in [2.75, 3.05) is 11.9 Å². The highest BCUT2D eigenvalue weighted by Gasteiger charge is 2.25. The van der Waals surface area contributed by atoms with Gasteiger partial charge in [0, 0.05) is 18.9 Å². The van der Waals surface area contributed by atoms with E-state index in [1.165, 1.54) is 13.0 Å². The fraction of sp³-hybridized carbons (Fsp3) is 0.273. The first-order valence-electron chi connectivity index (χ1n) is 4.96. The molecule has 6 heteroatoms. The lowest BCUT2D eigenvalue weighted by Crippen LogP contribution is -2.09. The lowest BCUT2D eigenvalue weighted by Gasteiger charge is -2.12. The number of rotatable bonds is 2. The van der Waals surface area contributed by atoms with Crippen LogP contribution in [0.5, 0.6) is 5.75 Å². The minimum atomic E-state index is -0.626. The Hall–Kier alpha value is -1.26. The Bertz CT molecular complexity index is 514. The first-order chi connectivity index (χ1) is 8.00. The lowest BCUT2D eigenvalue weighted by molar-refractivity contribution is -0.114. The molecule has 1 heterocycles. The molecule has 0 saturated heterocycles. The summed E-state index contributed by atoms with van der Waals surface area (Å²) in [6.07, 6.45) is 0.586. The van der Waals surface area contributed by atoms with Crippen molar-refractivity contribution in [2.45, 2.75) is 13.3 Å². The van der Waals surface area contributed by atoms with Gasteiger partial charge in [-0.25, -0.2) is 0 Å². The summed E-state index contributed by atoms with van der Waals surface area (Å²) in [4.78, 5) is 22.3. The molecular weight excluding hydrogens is 265 g/mol. The first kappa shape index (κ1) is 12.2. The van der Waals surface area contributed by atoms with Crippen molar-refractivity contribution in [1.82, 2.24) is 0 Å². The number of carbonyl (C=O) groups is 2. The summed E-state index contributed by atoms with van der Waals surface area (Å²) < 4.78 is 5.35. The summed E-state index contributed by atoms with van der Waals surface area (Å²) in [5.41, 5.74) is 1.45. The van der Waals surface area contributed by atoms with Crippen LogP contribution in [0.3, 0.4) is 0 Å². The van der Waals surface area contributed by atoms with Gasteiger partial charge in [-0.1, -0.05) is 11.6 Å². The number of anilines is 1. The Morgan fingerprint density at radius 2 is 2.18 bits per heavy atom. The van der Waals surface area contributed by atoms with Gasteiger partial charge in [0.05, 0.1) is 22.9 Å². The zero-order valence-corrected chi connectivity index (χ0v) is 10.5. The maximum Gasteiger partial charge on any atom is 0.256 e. The van der Waals surface area contributed by atoms with Gasteiger partial charge in [-0.15, -0.1) is 0 Å². The molecule has 1 aromatic carbocycles. The van der Waals surface area contributed by atoms with Crippen molar-refractivity contribution >= 4 is 40.0 Å². The maximum atomic E-state index is 11.2. The first-order valence-corrected chi connectivity index (χ1v) is 5.72. The summed E-state index contributed by atoms with van der Waals surface area (Å²) in [6, 6.07) is 1.41. The number of hydrogen-bond acceptors (Lipinski definition) is 3. The van der Waals surface area contributed by atoms with Crippen molar-refractivity contribution in [3.05, 3.63) is 22.2 Å². The summed E-state index contributed by atoms with van der Waals surface area (Å²) >= 11 is 11.5. The molecule has 0 aromatic heterocycles. The van der Waals surface area contributed by atoms with E-state index in [0.29, 0.717) is 24.5 Å². The molecule has 0 bridgehead atoms. The highest BCUT2D eigenvalue weighted by Crippen LogP contribution is 2.40. The van der Waals surface area contributed by atoms with E-state index < -0.39 is 5.24 Å². The molecule has 2 rings (SSSR count). The van der Waals surface area contributed by atoms with Crippen molar-refractivity contribution in [3.8, 4) is 5.75 Å². The van der Waals surface area contributed by atoms with E-state index in [1.54, 1.807) is 0 Å². The number of hydrogen-bond donors (Lipinski definition) is 1. The smallest absolute Gasteiger partial charge is 0.256 e. The van der Waals surface area contributed by atoms with E-state index in [-0.39, 0.29) is 16.5 Å². The SMILES string of the molecule is CC(=O)Nc1c(Cl)cc(C(=O)Cl)c2c1CCO2. The van der Waals surface area contributed by atoms with Crippen LogP contribution in [-0.2, 0) is 11.2 Å². The number of carbonyl (C=O) groups excluding carboxylic acids is 2. The predicted molar refractivity (Wildman–Crippen MR) is 65.1 cm³/mol. The second-order valence-corrected chi connectivity index (χ2v) is 4.39. The van der Waals surface area contributed by atoms with Crippen molar-refractivity contribution in [3.63, 3.8) is 0 Å². The van der Waals surface area contributed by atoms with Crippen LogP contribution in [0.4, 0.5) is 5.69 Å². The molecule has 0 radical (unpaired) electrons. The number of benzene rings is 1. The quantitative estimate of drug-likeness (QED) is 0.843. The fourth-order valence-electron chi connectivity index (χ4n) is 1.80. The van der Waals surface area contributed by atoms with Crippen molar-refractivity contribution < 1.29 is 14.3 Å². The van der Waals surface area contributed by atoms with Gasteiger partial charge in [-0.3, -0.25) is 9.59 Å². The van der Waals surface area contributed by atoms with Gasteiger partial charge >= 0.3 is 0 Å². The van der Waals surface area contributed by atoms with E-state index in [0.717, 1.165) is 5.56 Å². The molecule has 0 spiro atoms. The van der Waals surface area contributed by atoms with Gasteiger partial charge in [0.15, 0.2) is 0 Å². The largest absolute Gasteiger partial charge is 0.492 e. The molecule has 1 aliphatic heterocycles. The van der Waals surface area contributed by atoms with E-state index in [4.69, 9.17) is 27.9 Å². The highest BCUT2D eigenvalue weighted by atomic mass is 35.5. The highest BCUT2D eigenvalue weighted by molar-refractivity contribution is 6.68. The Kier molecular flexibility index (Phi) is 3.26. The van der Waals surface area contributed by atoms with Gasteiger partial charge < -0.3 is 10.1 Å². The molecule has 1 amide bonds. The molecular formula is C11H9Cl2NO3. The lowest BCUT2D eigenvalue weighted by atomic mass is 10.1. The van der Waals surface area contributed by atoms with E-state index in [2.05, 4.69) is 5.32 Å². The van der Waals surface area contributed by atoms with Crippen LogP contribution < -0.4 is 10.1 Å². The second-order valence-electron chi connectivity index (χ2n) is 3.64. The van der Waals surface area contributed by atoms with Crippen LogP contribution in [0.15, 0.2) is 6.07 Å². The Labute approximate surface area is 108 Å². The molecule has 0 unspecified atom stereocenters. The van der Waals surface area contributed by atoms with Crippen molar-refractivity contribution in [1.29, 1.82) is 0 Å². The molecule has 0 aliphatic carbocycles. The molecule has 90 valence electrons. The fourth-order valence-corrected chi connectivity index (χ4v) is 2.21. The van der Waals surface area contributed by atoms with Gasteiger partial charge in [-0.05, 0) is 17.7 Å². The third kappa shape index (κ3) is 2.23. The molecule has 17 heavy (non-hydrogen) atoms. The van der Waals surface area contributed by atoms with Crippen LogP contribution >= 0.6 is 23.2 Å². The second kappa shape index (κ2) is 4.55. The molecule has 4 nitrogen and oxygen atoms in total. The third-order valence-corrected chi connectivity index (χ3v) is 2.94. The van der Waals surface area contributed by atoms with Crippen LogP contribution in [0.2, 0.25) is 5.02 Å². The van der Waals surface area contributed by atoms with Gasteiger partial charge in [0.1, 0.15) is 5.75 Å². The zero-order valence-electron chi connectivity index (χ0n) is 8.97. The maximum absolute atomic E-state index is 11.2. The number of fused-ring (bicyclic) bond motifs is 1. The number of ether oxygens (including phenoxy) is 1. The van der Waals surface area contributed by atoms with Crippen LogP contribution in [0.1, 0.15) is 22.8 Å². The predicted octanol–water partition coefficient (Wildman–Crippen LogP) is 2.61. The minimum absolute atomic E-state index is 0.231. The zero-order chi connectivity index (χ0) is 12.6. The number of nitrogens with one attached hydrogen (secondary N) is 1. The Morgan fingerprint density at radius 1 is 1.47 bits per heavy atom. The van der Waals surface area contributed by atoms with Gasteiger partial charge in [0.25, 0.3) is 5.24 Å². The molecule has 1 aliphatic rings. The monoisotopic (exact) mass is 273 g/mol. The van der Waals surface area contributed by atoms with E-state index >= 15 is 0 Å². The topological polar surface area (TPSA) is 55.4 Å². The van der Waals surface area contributed by atoms with Crippen LogP contribution in [0, 0.1) is 0 Å².